The van der Waals surface area contributed by atoms with E-state index in [-0.39, 0.29) is 16.2 Å². The number of amides is 2. The third-order valence-corrected chi connectivity index (χ3v) is 6.29. The molecule has 0 aliphatic carbocycles. The number of carbonyl (C=O) groups excluding carboxylic acids is 2. The van der Waals surface area contributed by atoms with Crippen molar-refractivity contribution in [3.05, 3.63) is 70.8 Å². The topological polar surface area (TPSA) is 52.7 Å². The lowest BCUT2D eigenvalue weighted by molar-refractivity contribution is -0.122. The summed E-state index contributed by atoms with van der Waals surface area (Å²) >= 11 is 5.30. The van der Waals surface area contributed by atoms with Crippen molar-refractivity contribution in [3.63, 3.8) is 0 Å². The largest absolute Gasteiger partial charge is 0.366 e. The molecule has 0 saturated carbocycles. The first kappa shape index (κ1) is 21.0. The van der Waals surface area contributed by atoms with E-state index in [1.165, 1.54) is 10.5 Å². The monoisotopic (exact) mass is 431 g/mol. The van der Waals surface area contributed by atoms with Gasteiger partial charge in [-0.3, -0.25) is 19.8 Å². The number of fused-ring (bicyclic) bond motifs is 1. The molecule has 4 rings (SSSR count). The molecule has 5 nitrogen and oxygen atoms in total. The van der Waals surface area contributed by atoms with Crippen LogP contribution in [0.15, 0.2) is 54.1 Å². The normalized spacial score (nSPS) is 19.3. The molecule has 2 aromatic carbocycles. The summed E-state index contributed by atoms with van der Waals surface area (Å²) < 4.78 is 0. The Kier molecular flexibility index (Phi) is 5.06. The van der Waals surface area contributed by atoms with Gasteiger partial charge in [-0.1, -0.05) is 30.3 Å². The van der Waals surface area contributed by atoms with Crippen LogP contribution in [-0.4, -0.2) is 29.5 Å². The maximum absolute atomic E-state index is 13.3. The number of likely N-dealkylation sites (N-methyl/N-ethyl adjacent to an activating group) is 1. The fraction of sp³-hybridized carbons (Fsp3) is 0.240. The van der Waals surface area contributed by atoms with Gasteiger partial charge in [0.05, 0.1) is 11.2 Å². The molecule has 2 aliphatic rings. The van der Waals surface area contributed by atoms with Gasteiger partial charge in [0, 0.05) is 18.3 Å². The highest BCUT2D eigenvalue weighted by Gasteiger charge is 2.35. The fourth-order valence-corrected chi connectivity index (χ4v) is 4.40. The molecular weight excluding hydrogens is 406 g/mol. The van der Waals surface area contributed by atoms with E-state index in [1.807, 2.05) is 49.4 Å². The molecule has 2 aromatic rings. The van der Waals surface area contributed by atoms with Crippen molar-refractivity contribution >= 4 is 52.2 Å². The molecule has 2 aliphatic heterocycles. The van der Waals surface area contributed by atoms with Gasteiger partial charge in [0.25, 0.3) is 11.8 Å². The number of aryl methyl sites for hydroxylation is 1. The van der Waals surface area contributed by atoms with Crippen molar-refractivity contribution in [2.24, 2.45) is 0 Å². The molecule has 1 saturated heterocycles. The number of allylic oxidation sites excluding steroid dienone is 1. The highest BCUT2D eigenvalue weighted by atomic mass is 32.1. The van der Waals surface area contributed by atoms with Gasteiger partial charge in [0.2, 0.25) is 0 Å². The summed E-state index contributed by atoms with van der Waals surface area (Å²) in [6.07, 6.45) is 3.86. The van der Waals surface area contributed by atoms with Crippen LogP contribution >= 0.6 is 12.2 Å². The minimum Gasteiger partial charge on any atom is -0.366 e. The molecule has 2 heterocycles. The highest BCUT2D eigenvalue weighted by Crippen LogP contribution is 2.38. The van der Waals surface area contributed by atoms with Crippen molar-refractivity contribution < 1.29 is 9.59 Å². The number of para-hydroxylation sites is 1. The molecule has 0 atom stereocenters. The van der Waals surface area contributed by atoms with Crippen LogP contribution in [0.2, 0.25) is 0 Å². The average Bonchev–Trinajstić information content (AvgIpc) is 2.70. The molecular formula is C25H25N3O2S. The van der Waals surface area contributed by atoms with Crippen molar-refractivity contribution in [1.29, 1.82) is 0 Å². The van der Waals surface area contributed by atoms with Crippen LogP contribution in [0.25, 0.3) is 11.6 Å². The van der Waals surface area contributed by atoms with Crippen LogP contribution in [0, 0.1) is 6.92 Å². The van der Waals surface area contributed by atoms with Crippen LogP contribution in [-0.2, 0) is 9.59 Å². The number of anilines is 2. The molecule has 0 radical (unpaired) electrons. The third kappa shape index (κ3) is 3.57. The SMILES string of the molecule is CC1=CC(C)(C)N(C)c2ccc(/C=C3\C(=O)NC(=S)N(c4ccccc4C)C3=O)cc21. The van der Waals surface area contributed by atoms with Gasteiger partial charge in [-0.2, -0.15) is 0 Å². The Morgan fingerprint density at radius 2 is 1.74 bits per heavy atom. The number of nitrogens with zero attached hydrogens (tertiary/aromatic N) is 2. The van der Waals surface area contributed by atoms with E-state index >= 15 is 0 Å². The van der Waals surface area contributed by atoms with Gasteiger partial charge < -0.3 is 4.90 Å². The minimum atomic E-state index is -0.483. The smallest absolute Gasteiger partial charge is 0.270 e. The Labute approximate surface area is 188 Å². The summed E-state index contributed by atoms with van der Waals surface area (Å²) in [4.78, 5) is 29.5. The lowest BCUT2D eigenvalue weighted by Gasteiger charge is -2.40. The van der Waals surface area contributed by atoms with E-state index in [4.69, 9.17) is 12.2 Å². The number of rotatable bonds is 2. The molecule has 0 bridgehead atoms. The molecule has 1 N–H and O–H groups in total. The zero-order valence-electron chi connectivity index (χ0n) is 18.3. The van der Waals surface area contributed by atoms with Crippen LogP contribution in [0.4, 0.5) is 11.4 Å². The maximum Gasteiger partial charge on any atom is 0.270 e. The predicted octanol–water partition coefficient (Wildman–Crippen LogP) is 4.46. The van der Waals surface area contributed by atoms with E-state index in [0.29, 0.717) is 5.69 Å². The Bertz CT molecular complexity index is 1190. The summed E-state index contributed by atoms with van der Waals surface area (Å²) in [6.45, 7) is 8.33. The zero-order chi connectivity index (χ0) is 22.5. The van der Waals surface area contributed by atoms with Crippen LogP contribution in [0.5, 0.6) is 0 Å². The van der Waals surface area contributed by atoms with Crippen molar-refractivity contribution in [3.8, 4) is 0 Å². The first-order valence-electron chi connectivity index (χ1n) is 10.1. The molecule has 1 fully saturated rings. The number of hydrogen-bond donors (Lipinski definition) is 1. The highest BCUT2D eigenvalue weighted by molar-refractivity contribution is 7.80. The number of thiocarbonyl (C=S) groups is 1. The molecule has 0 aromatic heterocycles. The Morgan fingerprint density at radius 1 is 1.03 bits per heavy atom. The zero-order valence-corrected chi connectivity index (χ0v) is 19.1. The van der Waals surface area contributed by atoms with E-state index in [2.05, 4.69) is 44.1 Å². The summed E-state index contributed by atoms with van der Waals surface area (Å²) in [5.74, 6) is -0.908. The molecule has 0 spiro atoms. The van der Waals surface area contributed by atoms with Gasteiger partial charge >= 0.3 is 0 Å². The van der Waals surface area contributed by atoms with Gasteiger partial charge in [-0.15, -0.1) is 0 Å². The molecule has 0 unspecified atom stereocenters. The lowest BCUT2D eigenvalue weighted by Crippen LogP contribution is -2.54. The number of nitrogens with one attached hydrogen (secondary N) is 1. The summed E-state index contributed by atoms with van der Waals surface area (Å²) in [5.41, 5.74) is 5.70. The van der Waals surface area contributed by atoms with Crippen LogP contribution < -0.4 is 15.1 Å². The molecule has 158 valence electrons. The van der Waals surface area contributed by atoms with Gasteiger partial charge in [-0.25, -0.2) is 0 Å². The Morgan fingerprint density at radius 3 is 2.45 bits per heavy atom. The standard InChI is InChI=1S/C25H25N3O2S/c1-15-8-6-7-9-20(15)28-23(30)19(22(29)26-24(28)31)13-17-10-11-21-18(12-17)16(2)14-25(3,4)27(21)5/h6-14H,1-5H3,(H,26,29,31)/b19-13+. The maximum atomic E-state index is 13.3. The van der Waals surface area contributed by atoms with Crippen molar-refractivity contribution in [2.75, 3.05) is 16.8 Å². The Balaban J connectivity index is 1.76. The van der Waals surface area contributed by atoms with Crippen molar-refractivity contribution in [2.45, 2.75) is 33.2 Å². The molecule has 31 heavy (non-hydrogen) atoms. The summed E-state index contributed by atoms with van der Waals surface area (Å²) in [7, 11) is 2.07. The summed E-state index contributed by atoms with van der Waals surface area (Å²) in [5, 5.41) is 2.75. The number of carbonyl (C=O) groups is 2. The average molecular weight is 432 g/mol. The lowest BCUT2D eigenvalue weighted by atomic mass is 9.88. The second-order valence-corrected chi connectivity index (χ2v) is 8.95. The second kappa shape index (κ2) is 7.46. The van der Waals surface area contributed by atoms with Crippen LogP contribution in [0.1, 0.15) is 37.5 Å². The Hall–Kier alpha value is -3.25. The van der Waals surface area contributed by atoms with Gasteiger partial charge in [0.15, 0.2) is 5.11 Å². The number of benzene rings is 2. The number of hydrogen-bond acceptors (Lipinski definition) is 4. The van der Waals surface area contributed by atoms with E-state index in [0.717, 1.165) is 22.4 Å². The van der Waals surface area contributed by atoms with E-state index < -0.39 is 11.8 Å². The molecule has 6 heteroatoms. The van der Waals surface area contributed by atoms with E-state index in [9.17, 15) is 9.59 Å². The fourth-order valence-electron chi connectivity index (χ4n) is 4.12. The van der Waals surface area contributed by atoms with Crippen molar-refractivity contribution in [1.82, 2.24) is 5.32 Å². The van der Waals surface area contributed by atoms with Gasteiger partial charge in [0.1, 0.15) is 5.57 Å². The first-order valence-corrected chi connectivity index (χ1v) is 10.6. The molecule has 2 amide bonds. The second-order valence-electron chi connectivity index (χ2n) is 8.56. The quantitative estimate of drug-likeness (QED) is 0.433. The first-order chi connectivity index (χ1) is 14.6. The summed E-state index contributed by atoms with van der Waals surface area (Å²) in [6, 6.07) is 13.4. The minimum absolute atomic E-state index is 0.0583. The third-order valence-electron chi connectivity index (χ3n) is 6.01. The van der Waals surface area contributed by atoms with Gasteiger partial charge in [-0.05, 0) is 80.9 Å². The van der Waals surface area contributed by atoms with E-state index in [1.54, 1.807) is 6.08 Å². The predicted molar refractivity (Wildman–Crippen MR) is 130 cm³/mol. The van der Waals surface area contributed by atoms with Crippen LogP contribution in [0.3, 0.4) is 0 Å².